The fraction of sp³-hybridized carbons (Fsp3) is 0.594. The number of nitrogens with zero attached hydrogens (tertiary/aromatic N) is 4. The van der Waals surface area contributed by atoms with Crippen LogP contribution in [0.1, 0.15) is 38.5 Å². The Labute approximate surface area is 262 Å². The number of methoxy groups -OCH3 is 1. The van der Waals surface area contributed by atoms with Crippen molar-refractivity contribution >= 4 is 35.6 Å². The first kappa shape index (κ1) is 32.0. The number of amidine groups is 1. The minimum atomic E-state index is -2.51. The second-order valence-electron chi connectivity index (χ2n) is 12.5. The first-order chi connectivity index (χ1) is 20.7. The molecule has 1 saturated carbocycles. The molecule has 1 aromatic rings. The van der Waals surface area contributed by atoms with Crippen LogP contribution in [0.2, 0.25) is 0 Å². The monoisotopic (exact) mass is 629 g/mol. The highest BCUT2D eigenvalue weighted by atomic mass is 35.5. The van der Waals surface area contributed by atoms with E-state index in [1.54, 1.807) is 20.4 Å². The van der Waals surface area contributed by atoms with E-state index in [1.165, 1.54) is 70.3 Å². The van der Waals surface area contributed by atoms with E-state index < -0.39 is 7.14 Å². The van der Waals surface area contributed by atoms with Gasteiger partial charge >= 0.3 is 0 Å². The van der Waals surface area contributed by atoms with Crippen LogP contribution in [-0.2, 0) is 9.30 Å². The highest BCUT2D eigenvalue weighted by Crippen LogP contribution is 2.37. The zero-order valence-electron chi connectivity index (χ0n) is 26.0. The zero-order valence-corrected chi connectivity index (χ0v) is 27.7. The summed E-state index contributed by atoms with van der Waals surface area (Å²) < 4.78 is 18.6. The standard InChI is InChI=1S/C32H49ClN7O2P/c1-42-30-20-26(39-14-12-25(13-15-39)40-18-16-38(17-19-40)22-24-8-9-24)10-11-28(30)35-23-36-32(27(33)21-34)37-29-6-4-5-7-31(29)43(2,3)41/h4-7,20-21,24-25,35H,8-19,22-23,34H2,1-3H3,(H,36,37)/b27-21+. The summed E-state index contributed by atoms with van der Waals surface area (Å²) in [5, 5.41) is 7.69. The molecule has 0 radical (unpaired) electrons. The molecule has 236 valence electrons. The summed E-state index contributed by atoms with van der Waals surface area (Å²) in [6.07, 6.45) is 10.7. The van der Waals surface area contributed by atoms with Crippen LogP contribution < -0.4 is 21.7 Å². The van der Waals surface area contributed by atoms with Gasteiger partial charge in [-0.25, -0.2) is 4.99 Å². The zero-order chi connectivity index (χ0) is 30.4. The van der Waals surface area contributed by atoms with Crippen molar-refractivity contribution in [1.29, 1.82) is 0 Å². The van der Waals surface area contributed by atoms with E-state index in [-0.39, 0.29) is 11.7 Å². The summed E-state index contributed by atoms with van der Waals surface area (Å²) in [7, 11) is -0.787. The molecule has 9 nitrogen and oxygen atoms in total. The Balaban J connectivity index is 1.16. The lowest BCUT2D eigenvalue weighted by Crippen LogP contribution is -2.53. The number of nitrogens with one attached hydrogen (secondary N) is 2. The lowest BCUT2D eigenvalue weighted by atomic mass is 9.98. The maximum Gasteiger partial charge on any atom is 0.147 e. The van der Waals surface area contributed by atoms with Gasteiger partial charge in [-0.2, -0.15) is 0 Å². The van der Waals surface area contributed by atoms with Crippen LogP contribution in [0, 0.1) is 5.92 Å². The molecule has 1 aromatic carbocycles. The summed E-state index contributed by atoms with van der Waals surface area (Å²) in [6, 6.07) is 8.21. The molecular weight excluding hydrogens is 581 g/mol. The van der Waals surface area contributed by atoms with E-state index >= 15 is 0 Å². The molecule has 0 spiro atoms. The van der Waals surface area contributed by atoms with Crippen molar-refractivity contribution < 1.29 is 9.30 Å². The fourth-order valence-corrected chi connectivity index (χ4v) is 7.70. The normalized spacial score (nSPS) is 22.0. The van der Waals surface area contributed by atoms with Crippen molar-refractivity contribution in [3.05, 3.63) is 58.7 Å². The number of piperidine rings is 1. The molecule has 43 heavy (non-hydrogen) atoms. The van der Waals surface area contributed by atoms with Crippen LogP contribution in [0.15, 0.2) is 63.7 Å². The number of aliphatic imine (C=N–C) groups is 1. The van der Waals surface area contributed by atoms with E-state index in [1.807, 2.05) is 24.3 Å². The van der Waals surface area contributed by atoms with Crippen molar-refractivity contribution in [2.24, 2.45) is 16.6 Å². The second-order valence-corrected chi connectivity index (χ2v) is 16.1. The largest absolute Gasteiger partial charge is 0.495 e. The third-order valence-corrected chi connectivity index (χ3v) is 10.9. The van der Waals surface area contributed by atoms with Crippen LogP contribution in [0.3, 0.4) is 0 Å². The molecule has 3 fully saturated rings. The first-order valence-corrected chi connectivity index (χ1v) is 18.7. The van der Waals surface area contributed by atoms with E-state index in [2.05, 4.69) is 36.4 Å². The SMILES string of the molecule is COC1=C(NC/N=C(Nc2ccccc2P(C)(C)=O)\C(Cl)=C/N)CCC(N2CCC(N3CCN(CC4CC4)CC3)CC2)=C1. The topological polar surface area (TPSA) is 98.5 Å². The lowest BCUT2D eigenvalue weighted by Gasteiger charge is -2.44. The maximum absolute atomic E-state index is 12.8. The number of halogens is 1. The number of rotatable bonds is 11. The van der Waals surface area contributed by atoms with Gasteiger partial charge in [0.05, 0.1) is 23.5 Å². The Morgan fingerprint density at radius 2 is 1.81 bits per heavy atom. The van der Waals surface area contributed by atoms with Gasteiger partial charge in [-0.15, -0.1) is 0 Å². The van der Waals surface area contributed by atoms with Crippen molar-refractivity contribution in [3.63, 3.8) is 0 Å². The molecule has 2 heterocycles. The number of anilines is 1. The summed E-state index contributed by atoms with van der Waals surface area (Å²) in [4.78, 5) is 12.6. The predicted octanol–water partition coefficient (Wildman–Crippen LogP) is 4.36. The van der Waals surface area contributed by atoms with Crippen LogP contribution in [0.4, 0.5) is 5.69 Å². The summed E-state index contributed by atoms with van der Waals surface area (Å²) in [5.74, 6) is 2.25. The maximum atomic E-state index is 12.8. The number of piperazine rings is 1. The van der Waals surface area contributed by atoms with Crippen molar-refractivity contribution in [1.82, 2.24) is 20.0 Å². The molecular formula is C32H49ClN7O2P. The van der Waals surface area contributed by atoms with Crippen LogP contribution >= 0.6 is 18.7 Å². The fourth-order valence-electron chi connectivity index (χ4n) is 6.43. The Morgan fingerprint density at radius 3 is 2.47 bits per heavy atom. The number of nitrogens with two attached hydrogens (primary N) is 1. The number of benzene rings is 1. The van der Waals surface area contributed by atoms with Crippen LogP contribution in [-0.4, -0.2) is 99.5 Å². The summed E-state index contributed by atoms with van der Waals surface area (Å²) in [6.45, 7) is 12.2. The second kappa shape index (κ2) is 14.6. The molecule has 0 bridgehead atoms. The number of allylic oxidation sites excluding steroid dienone is 3. The van der Waals surface area contributed by atoms with Gasteiger partial charge in [0.25, 0.3) is 0 Å². The van der Waals surface area contributed by atoms with Crippen LogP contribution in [0.5, 0.6) is 0 Å². The summed E-state index contributed by atoms with van der Waals surface area (Å²) in [5.41, 5.74) is 8.82. The van der Waals surface area contributed by atoms with Gasteiger partial charge < -0.3 is 35.5 Å². The number of hydrogen-bond acceptors (Lipinski definition) is 8. The van der Waals surface area contributed by atoms with E-state index in [0.29, 0.717) is 17.6 Å². The van der Waals surface area contributed by atoms with E-state index in [0.717, 1.165) is 48.6 Å². The van der Waals surface area contributed by atoms with E-state index in [9.17, 15) is 4.57 Å². The molecule has 0 amide bonds. The molecule has 0 aromatic heterocycles. The molecule has 0 atom stereocenters. The van der Waals surface area contributed by atoms with Gasteiger partial charge in [-0.05, 0) is 69.9 Å². The first-order valence-electron chi connectivity index (χ1n) is 15.7. The van der Waals surface area contributed by atoms with Gasteiger partial charge in [0.1, 0.15) is 25.4 Å². The molecule has 11 heteroatoms. The molecule has 2 aliphatic heterocycles. The number of para-hydroxylation sites is 1. The average molecular weight is 630 g/mol. The highest BCUT2D eigenvalue weighted by Gasteiger charge is 2.31. The van der Waals surface area contributed by atoms with E-state index in [4.69, 9.17) is 22.1 Å². The molecule has 0 unspecified atom stereocenters. The van der Waals surface area contributed by atoms with Gasteiger partial charge in [0.15, 0.2) is 0 Å². The Bertz CT molecular complexity index is 1290. The summed E-state index contributed by atoms with van der Waals surface area (Å²) >= 11 is 6.41. The highest BCUT2D eigenvalue weighted by molar-refractivity contribution is 7.70. The molecule has 5 rings (SSSR count). The minimum Gasteiger partial charge on any atom is -0.495 e. The lowest BCUT2D eigenvalue weighted by molar-refractivity contribution is 0.0634. The van der Waals surface area contributed by atoms with Crippen LogP contribution in [0.25, 0.3) is 0 Å². The molecule has 4 aliphatic rings. The van der Waals surface area contributed by atoms with Crippen molar-refractivity contribution in [2.75, 3.05) is 78.2 Å². The number of ether oxygens (including phenoxy) is 1. The van der Waals surface area contributed by atoms with Crippen molar-refractivity contribution in [3.8, 4) is 0 Å². The molecule has 2 aliphatic carbocycles. The van der Waals surface area contributed by atoms with Gasteiger partial charge in [0, 0.05) is 75.1 Å². The van der Waals surface area contributed by atoms with Gasteiger partial charge in [-0.3, -0.25) is 4.90 Å². The predicted molar refractivity (Wildman–Crippen MR) is 179 cm³/mol. The molecule has 2 saturated heterocycles. The van der Waals surface area contributed by atoms with Gasteiger partial charge in [-0.1, -0.05) is 23.7 Å². The Morgan fingerprint density at radius 1 is 1.09 bits per heavy atom. The smallest absolute Gasteiger partial charge is 0.147 e. The van der Waals surface area contributed by atoms with Gasteiger partial charge in [0.2, 0.25) is 0 Å². The Hall–Kier alpha value is -2.45. The molecule has 4 N–H and O–H groups in total. The number of hydrogen-bond donors (Lipinski definition) is 3. The third-order valence-electron chi connectivity index (χ3n) is 9.09. The average Bonchev–Trinajstić information content (AvgIpc) is 3.84. The van der Waals surface area contributed by atoms with Crippen molar-refractivity contribution in [2.45, 2.75) is 44.6 Å². The Kier molecular flexibility index (Phi) is 10.8. The minimum absolute atomic E-state index is 0.286. The number of likely N-dealkylation sites (tertiary alicyclic amines) is 1. The third kappa shape index (κ3) is 8.59. The quantitative estimate of drug-likeness (QED) is 0.189.